The third-order valence-corrected chi connectivity index (χ3v) is 8.11. The van der Waals surface area contributed by atoms with Crippen LogP contribution in [0.1, 0.15) is 11.1 Å². The van der Waals surface area contributed by atoms with Crippen LogP contribution < -0.4 is 0 Å². The van der Waals surface area contributed by atoms with Crippen molar-refractivity contribution < 1.29 is 22.1 Å². The van der Waals surface area contributed by atoms with Crippen molar-refractivity contribution in [1.82, 2.24) is 0 Å². The number of hydrogen-bond acceptors (Lipinski definition) is 1. The van der Waals surface area contributed by atoms with Crippen LogP contribution >= 0.6 is 10.3 Å². The van der Waals surface area contributed by atoms with Gasteiger partial charge >= 0.3 is 12.1 Å². The smallest absolute Gasteiger partial charge is 0.334 e. The molecule has 0 aliphatic heterocycles. The van der Waals surface area contributed by atoms with E-state index in [9.17, 15) is 18.0 Å². The number of benzene rings is 4. The Morgan fingerprint density at radius 1 is 0.594 bits per heavy atom. The van der Waals surface area contributed by atoms with Crippen LogP contribution in [-0.2, 0) is 10.4 Å². The van der Waals surface area contributed by atoms with Crippen molar-refractivity contribution in [2.24, 2.45) is 0 Å². The van der Waals surface area contributed by atoms with Crippen molar-refractivity contribution in [2.45, 2.75) is 20.9 Å². The van der Waals surface area contributed by atoms with Gasteiger partial charge in [0.15, 0.2) is 0 Å². The van der Waals surface area contributed by atoms with E-state index in [4.69, 9.17) is 4.18 Å². The number of halogens is 3. The molecule has 0 spiro atoms. The summed E-state index contributed by atoms with van der Waals surface area (Å²) in [6.45, 7) is 0. The molecule has 0 radical (unpaired) electrons. The second-order valence-corrected chi connectivity index (χ2v) is 9.62. The number of hydrogen-bond donors (Lipinski definition) is 0. The summed E-state index contributed by atoms with van der Waals surface area (Å²) in [7, 11) is -2.60. The minimum atomic E-state index is -4.64. The Kier molecular flexibility index (Phi) is 6.06. The number of carbonyl (C=O) groups excluding carboxylic acids is 1. The highest BCUT2D eigenvalue weighted by Crippen LogP contribution is 2.69. The van der Waals surface area contributed by atoms with E-state index in [-0.39, 0.29) is 0 Å². The Balaban J connectivity index is 1.95. The first-order valence-electron chi connectivity index (χ1n) is 9.83. The zero-order valence-electron chi connectivity index (χ0n) is 16.9. The summed E-state index contributed by atoms with van der Waals surface area (Å²) in [5.74, 6) is -0.774. The first-order chi connectivity index (χ1) is 15.4. The SMILES string of the molecule is [OH+]=C(OS(c1ccccc1)(c1ccccc1)c1ccccc1)c1ccccc1C(F)(F)F. The van der Waals surface area contributed by atoms with Gasteiger partial charge in [-0.05, 0) is 48.5 Å². The Hall–Kier alpha value is -3.51. The van der Waals surface area contributed by atoms with Crippen LogP contribution in [0.25, 0.3) is 0 Å². The van der Waals surface area contributed by atoms with Gasteiger partial charge in [0.1, 0.15) is 5.56 Å². The maximum Gasteiger partial charge on any atom is 0.531 e. The van der Waals surface area contributed by atoms with E-state index in [1.165, 1.54) is 18.2 Å². The second kappa shape index (κ2) is 8.93. The lowest BCUT2D eigenvalue weighted by Crippen LogP contribution is -2.19. The van der Waals surface area contributed by atoms with Gasteiger partial charge in [-0.25, -0.2) is 4.18 Å². The van der Waals surface area contributed by atoms with Crippen LogP contribution in [0.15, 0.2) is 130 Å². The third-order valence-electron chi connectivity index (χ3n) is 4.89. The zero-order valence-corrected chi connectivity index (χ0v) is 17.7. The molecule has 2 nitrogen and oxygen atoms in total. The van der Waals surface area contributed by atoms with E-state index in [2.05, 4.69) is 0 Å². The van der Waals surface area contributed by atoms with E-state index in [0.29, 0.717) is 0 Å². The van der Waals surface area contributed by atoms with Crippen molar-refractivity contribution >= 4 is 16.3 Å². The van der Waals surface area contributed by atoms with Gasteiger partial charge in [-0.1, -0.05) is 66.7 Å². The fourth-order valence-electron chi connectivity index (χ4n) is 3.47. The summed E-state index contributed by atoms with van der Waals surface area (Å²) in [5, 5.41) is 0. The molecule has 0 saturated carbocycles. The maximum absolute atomic E-state index is 13.6. The predicted molar refractivity (Wildman–Crippen MR) is 120 cm³/mol. The normalized spacial score (nSPS) is 12.2. The van der Waals surface area contributed by atoms with Crippen LogP contribution in [0.5, 0.6) is 0 Å². The zero-order chi connectivity index (χ0) is 22.6. The average Bonchev–Trinajstić information content (AvgIpc) is 2.83. The summed E-state index contributed by atoms with van der Waals surface area (Å²) in [6, 6.07) is 32.6. The van der Waals surface area contributed by atoms with E-state index >= 15 is 0 Å². The standard InChI is InChI=1S/C26H19F3O2S/c27-26(28,29)24-19-11-10-18-23(24)25(30)31-32(20-12-4-1-5-13-20,21-14-6-2-7-15-21)22-16-8-3-9-17-22/h1-19H/p+1. The predicted octanol–water partition coefficient (Wildman–Crippen LogP) is 7.47. The molecule has 0 unspecified atom stereocenters. The van der Waals surface area contributed by atoms with Gasteiger partial charge < -0.3 is 4.79 Å². The van der Waals surface area contributed by atoms with Crippen molar-refractivity contribution in [3.8, 4) is 0 Å². The molecule has 4 rings (SSSR count). The second-order valence-electron chi connectivity index (χ2n) is 6.93. The minimum Gasteiger partial charge on any atom is -0.334 e. The molecule has 0 atom stereocenters. The first kappa shape index (κ1) is 21.7. The van der Waals surface area contributed by atoms with Gasteiger partial charge in [0, 0.05) is 0 Å². The highest BCUT2D eigenvalue weighted by atomic mass is 32.3. The highest BCUT2D eigenvalue weighted by molar-refractivity contribution is 8.30. The Bertz CT molecular complexity index is 1100. The molecule has 32 heavy (non-hydrogen) atoms. The Morgan fingerprint density at radius 2 is 0.969 bits per heavy atom. The van der Waals surface area contributed by atoms with Crippen LogP contribution in [0, 0.1) is 0 Å². The van der Waals surface area contributed by atoms with Crippen LogP contribution in [0.3, 0.4) is 0 Å². The summed E-state index contributed by atoms with van der Waals surface area (Å²) < 4.78 is 47.2. The molecule has 6 heteroatoms. The highest BCUT2D eigenvalue weighted by Gasteiger charge is 2.45. The van der Waals surface area contributed by atoms with Crippen molar-refractivity contribution in [2.75, 3.05) is 0 Å². The molecule has 162 valence electrons. The maximum atomic E-state index is 13.6. The lowest BCUT2D eigenvalue weighted by molar-refractivity contribution is -0.137. The number of rotatable bonds is 5. The molecule has 4 aromatic carbocycles. The van der Waals surface area contributed by atoms with Gasteiger partial charge in [0.05, 0.1) is 30.6 Å². The van der Waals surface area contributed by atoms with Gasteiger partial charge in [0.25, 0.3) is 0 Å². The van der Waals surface area contributed by atoms with Crippen molar-refractivity contribution in [3.63, 3.8) is 0 Å². The molecule has 4 aromatic rings. The summed E-state index contributed by atoms with van der Waals surface area (Å²) >= 11 is 0. The topological polar surface area (TPSA) is 30.6 Å². The van der Waals surface area contributed by atoms with E-state index in [1.807, 2.05) is 91.0 Å². The third kappa shape index (κ3) is 4.14. The molecular formula is C26H20F3O2S+. The lowest BCUT2D eigenvalue weighted by Gasteiger charge is -2.33. The monoisotopic (exact) mass is 453 g/mol. The molecule has 0 bridgehead atoms. The summed E-state index contributed by atoms with van der Waals surface area (Å²) in [6.07, 6.45) is -4.64. The molecule has 0 aliphatic carbocycles. The van der Waals surface area contributed by atoms with Crippen molar-refractivity contribution in [3.05, 3.63) is 126 Å². The lowest BCUT2D eigenvalue weighted by atomic mass is 10.1. The molecule has 1 N–H and O–H groups in total. The summed E-state index contributed by atoms with van der Waals surface area (Å²) in [4.78, 5) is 13.2. The molecule has 0 heterocycles. The van der Waals surface area contributed by atoms with Gasteiger partial charge in [-0.3, -0.25) is 0 Å². The van der Waals surface area contributed by atoms with E-state index in [0.717, 1.165) is 20.8 Å². The van der Waals surface area contributed by atoms with E-state index in [1.54, 1.807) is 0 Å². The number of alkyl halides is 3. The van der Waals surface area contributed by atoms with Crippen molar-refractivity contribution in [1.29, 1.82) is 0 Å². The molecule has 0 aromatic heterocycles. The van der Waals surface area contributed by atoms with Gasteiger partial charge in [-0.2, -0.15) is 13.2 Å². The molecular weight excluding hydrogens is 433 g/mol. The molecule has 0 aliphatic rings. The average molecular weight is 454 g/mol. The van der Waals surface area contributed by atoms with E-state index < -0.39 is 33.6 Å². The van der Waals surface area contributed by atoms with Gasteiger partial charge in [-0.15, -0.1) is 0 Å². The fraction of sp³-hybridized carbons (Fsp3) is 0.0385. The fourth-order valence-corrected chi connectivity index (χ4v) is 6.52. The Morgan fingerprint density at radius 3 is 1.38 bits per heavy atom. The molecule has 0 fully saturated rings. The van der Waals surface area contributed by atoms with Crippen LogP contribution in [0.4, 0.5) is 13.2 Å². The summed E-state index contributed by atoms with van der Waals surface area (Å²) in [5.41, 5.74) is -1.36. The van der Waals surface area contributed by atoms with Crippen LogP contribution in [-0.4, -0.2) is 10.8 Å². The molecule has 0 amide bonds. The first-order valence-corrected chi connectivity index (χ1v) is 11.4. The van der Waals surface area contributed by atoms with Gasteiger partial charge in [0.2, 0.25) is 0 Å². The van der Waals surface area contributed by atoms with Crippen LogP contribution in [0.2, 0.25) is 0 Å². The molecule has 0 saturated heterocycles. The Labute approximate surface area is 185 Å². The largest absolute Gasteiger partial charge is 0.531 e. The quantitative estimate of drug-likeness (QED) is 0.288. The minimum absolute atomic E-state index is 0.403.